The number of sulfone groups is 1. The summed E-state index contributed by atoms with van der Waals surface area (Å²) in [7, 11) is -3.15. The minimum Gasteiger partial charge on any atom is -0.394 e. The Morgan fingerprint density at radius 3 is 2.21 bits per heavy atom. The molecular weight excluding hydrogens is 262 g/mol. The van der Waals surface area contributed by atoms with Crippen LogP contribution in [0.3, 0.4) is 0 Å². The van der Waals surface area contributed by atoms with E-state index in [9.17, 15) is 13.5 Å². The molecule has 0 aliphatic carbocycles. The van der Waals surface area contributed by atoms with Crippen LogP contribution in [-0.2, 0) is 9.84 Å². The molecule has 2 N–H and O–H groups in total. The minimum atomic E-state index is -3.15. The zero-order chi connectivity index (χ0) is 14.5. The standard InChI is InChI=1S/C14H23NO3S/c1-4-9-19(17,18)13-7-5-12(6-8-13)15-14(10-16)11(2)3/h5-8,11,14-16H,4,9-10H2,1-3H3/t14-/m1/s1. The summed E-state index contributed by atoms with van der Waals surface area (Å²) in [5.41, 5.74) is 0.822. The molecule has 1 aromatic rings. The second kappa shape index (κ2) is 6.91. The van der Waals surface area contributed by atoms with Gasteiger partial charge in [0.1, 0.15) is 0 Å². The van der Waals surface area contributed by atoms with Gasteiger partial charge in [-0.05, 0) is 36.6 Å². The van der Waals surface area contributed by atoms with Gasteiger partial charge < -0.3 is 10.4 Å². The molecule has 0 saturated carbocycles. The van der Waals surface area contributed by atoms with Crippen molar-refractivity contribution in [3.8, 4) is 0 Å². The number of nitrogens with one attached hydrogen (secondary N) is 1. The van der Waals surface area contributed by atoms with Crippen molar-refractivity contribution >= 4 is 15.5 Å². The zero-order valence-electron chi connectivity index (χ0n) is 11.8. The van der Waals surface area contributed by atoms with Crippen molar-refractivity contribution in [2.24, 2.45) is 5.92 Å². The summed E-state index contributed by atoms with van der Waals surface area (Å²) < 4.78 is 23.7. The molecular formula is C14H23NO3S. The lowest BCUT2D eigenvalue weighted by molar-refractivity contribution is 0.249. The Bertz CT molecular complexity index is 480. The molecule has 4 nitrogen and oxygen atoms in total. The van der Waals surface area contributed by atoms with E-state index in [-0.39, 0.29) is 18.4 Å². The van der Waals surface area contributed by atoms with Crippen LogP contribution in [0, 0.1) is 5.92 Å². The van der Waals surface area contributed by atoms with Gasteiger partial charge >= 0.3 is 0 Å². The lowest BCUT2D eigenvalue weighted by atomic mass is 10.1. The molecule has 0 spiro atoms. The van der Waals surface area contributed by atoms with Crippen molar-refractivity contribution in [1.29, 1.82) is 0 Å². The highest BCUT2D eigenvalue weighted by molar-refractivity contribution is 7.91. The predicted octanol–water partition coefficient (Wildman–Crippen LogP) is 2.30. The number of aliphatic hydroxyl groups excluding tert-OH is 1. The van der Waals surface area contributed by atoms with E-state index in [0.717, 1.165) is 5.69 Å². The fraction of sp³-hybridized carbons (Fsp3) is 0.571. The highest BCUT2D eigenvalue weighted by atomic mass is 32.2. The zero-order valence-corrected chi connectivity index (χ0v) is 12.6. The highest BCUT2D eigenvalue weighted by Gasteiger charge is 2.14. The molecule has 0 unspecified atom stereocenters. The van der Waals surface area contributed by atoms with Gasteiger partial charge in [-0.3, -0.25) is 0 Å². The Morgan fingerprint density at radius 2 is 1.79 bits per heavy atom. The third-order valence-electron chi connectivity index (χ3n) is 3.04. The summed E-state index contributed by atoms with van der Waals surface area (Å²) in [6, 6.07) is 6.68. The molecule has 0 aliphatic heterocycles. The molecule has 1 atom stereocenters. The van der Waals surface area contributed by atoms with Crippen LogP contribution in [0.5, 0.6) is 0 Å². The molecule has 5 heteroatoms. The van der Waals surface area contributed by atoms with Gasteiger partial charge in [-0.15, -0.1) is 0 Å². The molecule has 0 radical (unpaired) electrons. The second-order valence-electron chi connectivity index (χ2n) is 5.02. The minimum absolute atomic E-state index is 0.0295. The molecule has 0 fully saturated rings. The Kier molecular flexibility index (Phi) is 5.82. The number of rotatable bonds is 7. The van der Waals surface area contributed by atoms with Crippen LogP contribution >= 0.6 is 0 Å². The van der Waals surface area contributed by atoms with Crippen LogP contribution in [0.4, 0.5) is 5.69 Å². The molecule has 0 heterocycles. The van der Waals surface area contributed by atoms with E-state index < -0.39 is 9.84 Å². The van der Waals surface area contributed by atoms with Gasteiger partial charge in [-0.2, -0.15) is 0 Å². The highest BCUT2D eigenvalue weighted by Crippen LogP contribution is 2.18. The SMILES string of the molecule is CCCS(=O)(=O)c1ccc(N[C@H](CO)C(C)C)cc1. The Balaban J connectivity index is 2.82. The lowest BCUT2D eigenvalue weighted by Crippen LogP contribution is -2.29. The maximum absolute atomic E-state index is 11.9. The summed E-state index contributed by atoms with van der Waals surface area (Å²) >= 11 is 0. The normalized spacial score (nSPS) is 13.5. The molecule has 0 amide bonds. The van der Waals surface area contributed by atoms with Crippen LogP contribution < -0.4 is 5.32 Å². The van der Waals surface area contributed by atoms with Gasteiger partial charge in [0.25, 0.3) is 0 Å². The summed E-state index contributed by atoms with van der Waals surface area (Å²) in [6.45, 7) is 5.94. The topological polar surface area (TPSA) is 66.4 Å². The Hall–Kier alpha value is -1.07. The van der Waals surface area contributed by atoms with E-state index >= 15 is 0 Å². The van der Waals surface area contributed by atoms with Gasteiger partial charge in [0.05, 0.1) is 23.3 Å². The van der Waals surface area contributed by atoms with E-state index in [2.05, 4.69) is 5.32 Å². The molecule has 0 aliphatic rings. The fourth-order valence-electron chi connectivity index (χ4n) is 1.78. The van der Waals surface area contributed by atoms with Gasteiger partial charge in [-0.25, -0.2) is 8.42 Å². The van der Waals surface area contributed by atoms with Crippen molar-refractivity contribution in [3.05, 3.63) is 24.3 Å². The first-order valence-electron chi connectivity index (χ1n) is 6.61. The third-order valence-corrected chi connectivity index (χ3v) is 4.98. The average molecular weight is 285 g/mol. The largest absolute Gasteiger partial charge is 0.394 e. The number of hydrogen-bond donors (Lipinski definition) is 2. The van der Waals surface area contributed by atoms with E-state index in [0.29, 0.717) is 17.2 Å². The lowest BCUT2D eigenvalue weighted by Gasteiger charge is -2.21. The first-order chi connectivity index (χ1) is 8.90. The smallest absolute Gasteiger partial charge is 0.178 e. The third kappa shape index (κ3) is 4.51. The van der Waals surface area contributed by atoms with Crippen LogP contribution in [0.1, 0.15) is 27.2 Å². The van der Waals surface area contributed by atoms with Gasteiger partial charge in [0.15, 0.2) is 9.84 Å². The molecule has 0 bridgehead atoms. The van der Waals surface area contributed by atoms with Gasteiger partial charge in [-0.1, -0.05) is 20.8 Å². The van der Waals surface area contributed by atoms with Crippen LogP contribution in [-0.4, -0.2) is 31.9 Å². The van der Waals surface area contributed by atoms with Crippen molar-refractivity contribution in [1.82, 2.24) is 0 Å². The van der Waals surface area contributed by atoms with Gasteiger partial charge in [0, 0.05) is 5.69 Å². The number of hydrogen-bond acceptors (Lipinski definition) is 4. The Morgan fingerprint density at radius 1 is 1.21 bits per heavy atom. The summed E-state index contributed by atoms with van der Waals surface area (Å²) in [4.78, 5) is 0.352. The molecule has 0 saturated heterocycles. The van der Waals surface area contributed by atoms with E-state index in [4.69, 9.17) is 0 Å². The first kappa shape index (κ1) is 16.0. The van der Waals surface area contributed by atoms with Gasteiger partial charge in [0.2, 0.25) is 0 Å². The molecule has 1 rings (SSSR count). The van der Waals surface area contributed by atoms with E-state index in [1.165, 1.54) is 0 Å². The maximum atomic E-state index is 11.9. The van der Waals surface area contributed by atoms with Crippen LogP contribution in [0.2, 0.25) is 0 Å². The number of benzene rings is 1. The molecule has 108 valence electrons. The number of anilines is 1. The Labute approximate surface area is 115 Å². The summed E-state index contributed by atoms with van der Waals surface area (Å²) in [5, 5.41) is 12.4. The molecule has 1 aromatic carbocycles. The predicted molar refractivity (Wildman–Crippen MR) is 78.1 cm³/mol. The van der Waals surface area contributed by atoms with Crippen molar-refractivity contribution in [3.63, 3.8) is 0 Å². The molecule has 0 aromatic heterocycles. The second-order valence-corrected chi connectivity index (χ2v) is 7.13. The van der Waals surface area contributed by atoms with Crippen molar-refractivity contribution in [2.75, 3.05) is 17.7 Å². The maximum Gasteiger partial charge on any atom is 0.178 e. The van der Waals surface area contributed by atoms with Crippen LogP contribution in [0.25, 0.3) is 0 Å². The van der Waals surface area contributed by atoms with Crippen molar-refractivity contribution in [2.45, 2.75) is 38.1 Å². The van der Waals surface area contributed by atoms with Crippen LogP contribution in [0.15, 0.2) is 29.2 Å². The van der Waals surface area contributed by atoms with Crippen molar-refractivity contribution < 1.29 is 13.5 Å². The number of aliphatic hydroxyl groups is 1. The fourth-order valence-corrected chi connectivity index (χ4v) is 3.11. The van der Waals surface area contributed by atoms with E-state index in [1.54, 1.807) is 24.3 Å². The first-order valence-corrected chi connectivity index (χ1v) is 8.26. The summed E-state index contributed by atoms with van der Waals surface area (Å²) in [5.74, 6) is 0.471. The van der Waals surface area contributed by atoms with E-state index in [1.807, 2.05) is 20.8 Å². The quantitative estimate of drug-likeness (QED) is 0.806. The summed E-state index contributed by atoms with van der Waals surface area (Å²) in [6.07, 6.45) is 0.613. The monoisotopic (exact) mass is 285 g/mol. The molecule has 19 heavy (non-hydrogen) atoms. The average Bonchev–Trinajstić information content (AvgIpc) is 2.36.